The number of nitrogens with zero attached hydrogens (tertiary/aromatic N) is 3. The van der Waals surface area contributed by atoms with E-state index in [9.17, 15) is 0 Å². The number of aromatic nitrogens is 3. The van der Waals surface area contributed by atoms with Crippen molar-refractivity contribution in [2.75, 3.05) is 5.32 Å². The second kappa shape index (κ2) is 4.95. The van der Waals surface area contributed by atoms with Gasteiger partial charge in [-0.3, -0.25) is 4.98 Å². The first-order valence-corrected chi connectivity index (χ1v) is 5.78. The fourth-order valence-electron chi connectivity index (χ4n) is 1.15. The first-order chi connectivity index (χ1) is 7.77. The van der Waals surface area contributed by atoms with Gasteiger partial charge in [0, 0.05) is 23.5 Å². The fraction of sp³-hybridized carbons (Fsp3) is 0.111. The van der Waals surface area contributed by atoms with E-state index in [0.29, 0.717) is 18.1 Å². The third kappa shape index (κ3) is 2.50. The van der Waals surface area contributed by atoms with Crippen LogP contribution < -0.4 is 11.1 Å². The van der Waals surface area contributed by atoms with Crippen molar-refractivity contribution in [3.05, 3.63) is 34.7 Å². The van der Waals surface area contributed by atoms with Crippen LogP contribution in [0.4, 0.5) is 5.82 Å². The summed E-state index contributed by atoms with van der Waals surface area (Å²) in [6.45, 7) is 0.638. The molecule has 2 aromatic heterocycles. The zero-order chi connectivity index (χ0) is 11.4. The van der Waals surface area contributed by atoms with Gasteiger partial charge in [0.1, 0.15) is 10.7 Å². The lowest BCUT2D eigenvalue weighted by molar-refractivity contribution is 1.09. The molecule has 7 heteroatoms. The molecule has 0 aliphatic heterocycles. The lowest BCUT2D eigenvalue weighted by Gasteiger charge is -2.07. The van der Waals surface area contributed by atoms with E-state index in [1.165, 1.54) is 0 Å². The molecule has 3 N–H and O–H groups in total. The number of nitrogens with one attached hydrogen (secondary N) is 1. The predicted octanol–water partition coefficient (Wildman–Crippen LogP) is 1.18. The minimum Gasteiger partial charge on any atom is -0.388 e. The molecule has 0 saturated heterocycles. The Morgan fingerprint density at radius 1 is 1.44 bits per heavy atom. The normalized spacial score (nSPS) is 10.0. The van der Waals surface area contributed by atoms with E-state index in [1.54, 1.807) is 35.4 Å². The second-order valence-corrected chi connectivity index (χ2v) is 4.35. The first kappa shape index (κ1) is 10.9. The number of hydrogen-bond donors (Lipinski definition) is 2. The van der Waals surface area contributed by atoms with Gasteiger partial charge in [0.25, 0.3) is 0 Å². The Kier molecular flexibility index (Phi) is 3.37. The molecule has 0 unspecified atom stereocenters. The van der Waals surface area contributed by atoms with Crippen molar-refractivity contribution >= 4 is 34.4 Å². The second-order valence-electron chi connectivity index (χ2n) is 2.94. The third-order valence-electron chi connectivity index (χ3n) is 1.85. The zero-order valence-corrected chi connectivity index (χ0v) is 9.88. The minimum atomic E-state index is 0.236. The van der Waals surface area contributed by atoms with Gasteiger partial charge < -0.3 is 11.1 Å². The summed E-state index contributed by atoms with van der Waals surface area (Å²) in [5.41, 5.74) is 7.84. The van der Waals surface area contributed by atoms with Crippen LogP contribution >= 0.6 is 23.6 Å². The third-order valence-corrected chi connectivity index (χ3v) is 2.82. The number of rotatable bonds is 4. The molecule has 82 valence electrons. The molecule has 0 spiro atoms. The molecule has 0 aromatic carbocycles. The molecule has 0 aliphatic carbocycles. The maximum atomic E-state index is 5.54. The van der Waals surface area contributed by atoms with Crippen molar-refractivity contribution in [3.63, 3.8) is 0 Å². The highest BCUT2D eigenvalue weighted by Gasteiger charge is 2.07. The monoisotopic (exact) mass is 251 g/mol. The molecule has 2 aromatic rings. The highest BCUT2D eigenvalue weighted by atomic mass is 32.1. The molecule has 0 aliphatic rings. The van der Waals surface area contributed by atoms with Crippen LogP contribution in [-0.4, -0.2) is 19.9 Å². The van der Waals surface area contributed by atoms with E-state index in [-0.39, 0.29) is 4.99 Å². The number of anilines is 1. The molecule has 0 saturated carbocycles. The lowest BCUT2D eigenvalue weighted by Crippen LogP contribution is -2.16. The van der Waals surface area contributed by atoms with Crippen LogP contribution in [0.25, 0.3) is 0 Å². The van der Waals surface area contributed by atoms with Gasteiger partial charge in [-0.05, 0) is 0 Å². The molecule has 16 heavy (non-hydrogen) atoms. The number of thiocarbonyl (C=S) groups is 1. The Balaban J connectivity index is 2.12. The summed E-state index contributed by atoms with van der Waals surface area (Å²) in [5.74, 6) is 0.600. The summed E-state index contributed by atoms with van der Waals surface area (Å²) < 4.78 is 0. The molecule has 0 fully saturated rings. The fourth-order valence-corrected chi connectivity index (χ4v) is 1.83. The first-order valence-electron chi connectivity index (χ1n) is 4.49. The minimum absolute atomic E-state index is 0.236. The van der Waals surface area contributed by atoms with Crippen molar-refractivity contribution in [3.8, 4) is 0 Å². The smallest absolute Gasteiger partial charge is 0.155 e. The van der Waals surface area contributed by atoms with Gasteiger partial charge >= 0.3 is 0 Å². The summed E-state index contributed by atoms with van der Waals surface area (Å²) in [6, 6.07) is 0. The standard InChI is InChI=1S/C9H9N5S2/c10-8(15)7-9(13-2-1-12-7)14-4-6-3-11-5-16-6/h1-3,5H,4H2,(H2,10,15)(H,13,14). The Labute approximate surface area is 102 Å². The van der Waals surface area contributed by atoms with E-state index in [1.807, 2.05) is 0 Å². The molecule has 0 radical (unpaired) electrons. The predicted molar refractivity (Wildman–Crippen MR) is 67.4 cm³/mol. The van der Waals surface area contributed by atoms with E-state index < -0.39 is 0 Å². The molecule has 0 bridgehead atoms. The summed E-state index contributed by atoms with van der Waals surface area (Å²) in [4.78, 5) is 13.5. The highest BCUT2D eigenvalue weighted by Crippen LogP contribution is 2.12. The Hall–Kier alpha value is -1.60. The van der Waals surface area contributed by atoms with Gasteiger partial charge in [-0.1, -0.05) is 12.2 Å². The average Bonchev–Trinajstić information content (AvgIpc) is 2.79. The molecular formula is C9H9N5S2. The van der Waals surface area contributed by atoms with Crippen molar-refractivity contribution < 1.29 is 0 Å². The van der Waals surface area contributed by atoms with Crippen LogP contribution in [0, 0.1) is 0 Å². The summed E-state index contributed by atoms with van der Waals surface area (Å²) >= 11 is 6.46. The van der Waals surface area contributed by atoms with Crippen LogP contribution in [0.2, 0.25) is 0 Å². The van der Waals surface area contributed by atoms with Crippen molar-refractivity contribution in [1.82, 2.24) is 15.0 Å². The van der Waals surface area contributed by atoms with Crippen molar-refractivity contribution in [1.29, 1.82) is 0 Å². The summed E-state index contributed by atoms with van der Waals surface area (Å²) in [5, 5.41) is 3.13. The molecule has 5 nitrogen and oxygen atoms in total. The Bertz CT molecular complexity index is 482. The maximum absolute atomic E-state index is 5.54. The Morgan fingerprint density at radius 3 is 2.94 bits per heavy atom. The molecule has 0 atom stereocenters. The van der Waals surface area contributed by atoms with E-state index in [0.717, 1.165) is 4.88 Å². The van der Waals surface area contributed by atoms with Crippen molar-refractivity contribution in [2.45, 2.75) is 6.54 Å². The van der Waals surface area contributed by atoms with Crippen molar-refractivity contribution in [2.24, 2.45) is 5.73 Å². The van der Waals surface area contributed by atoms with E-state index in [4.69, 9.17) is 18.0 Å². The van der Waals surface area contributed by atoms with Gasteiger partial charge in [0.15, 0.2) is 5.82 Å². The van der Waals surface area contributed by atoms with Crippen LogP contribution in [0.3, 0.4) is 0 Å². The molecular weight excluding hydrogens is 242 g/mol. The van der Waals surface area contributed by atoms with Gasteiger partial charge in [0.2, 0.25) is 0 Å². The van der Waals surface area contributed by atoms with E-state index >= 15 is 0 Å². The number of thiazole rings is 1. The van der Waals surface area contributed by atoms with Gasteiger partial charge in [0.05, 0.1) is 12.1 Å². The number of hydrogen-bond acceptors (Lipinski definition) is 6. The summed E-state index contributed by atoms with van der Waals surface area (Å²) in [7, 11) is 0. The lowest BCUT2D eigenvalue weighted by atomic mass is 10.4. The zero-order valence-electron chi connectivity index (χ0n) is 8.25. The van der Waals surface area contributed by atoms with Gasteiger partial charge in [-0.15, -0.1) is 11.3 Å². The van der Waals surface area contributed by atoms with Crippen LogP contribution in [-0.2, 0) is 6.54 Å². The SMILES string of the molecule is NC(=S)c1nccnc1NCc1cncs1. The van der Waals surface area contributed by atoms with Crippen LogP contribution in [0.1, 0.15) is 10.6 Å². The Morgan fingerprint density at radius 2 is 2.25 bits per heavy atom. The molecule has 2 rings (SSSR count). The quantitative estimate of drug-likeness (QED) is 0.795. The van der Waals surface area contributed by atoms with Gasteiger partial charge in [-0.2, -0.15) is 0 Å². The van der Waals surface area contributed by atoms with E-state index in [2.05, 4.69) is 20.3 Å². The number of nitrogens with two attached hydrogens (primary N) is 1. The largest absolute Gasteiger partial charge is 0.388 e. The average molecular weight is 251 g/mol. The molecule has 0 amide bonds. The van der Waals surface area contributed by atoms with Crippen LogP contribution in [0.15, 0.2) is 24.1 Å². The van der Waals surface area contributed by atoms with Gasteiger partial charge in [-0.25, -0.2) is 9.97 Å². The topological polar surface area (TPSA) is 76.7 Å². The maximum Gasteiger partial charge on any atom is 0.155 e. The van der Waals surface area contributed by atoms with Crippen LogP contribution in [0.5, 0.6) is 0 Å². The molecule has 2 heterocycles. The summed E-state index contributed by atoms with van der Waals surface area (Å²) in [6.07, 6.45) is 4.96. The highest BCUT2D eigenvalue weighted by molar-refractivity contribution is 7.80.